The van der Waals surface area contributed by atoms with Gasteiger partial charge in [0.25, 0.3) is 5.89 Å². The largest absolute Gasteiger partial charge is 0.380 e. The molecule has 0 bridgehead atoms. The van der Waals surface area contributed by atoms with Crippen LogP contribution in [0.25, 0.3) is 11.5 Å². The second-order valence-electron chi connectivity index (χ2n) is 6.18. The molecule has 1 aliphatic rings. The number of hydrogen-bond acceptors (Lipinski definition) is 6. The summed E-state index contributed by atoms with van der Waals surface area (Å²) in [6, 6.07) is 10.2. The Morgan fingerprint density at radius 3 is 2.73 bits per heavy atom. The van der Waals surface area contributed by atoms with Crippen molar-refractivity contribution in [2.75, 3.05) is 31.2 Å². The number of rotatable bonds is 4. The molecule has 1 aromatic carbocycles. The van der Waals surface area contributed by atoms with Gasteiger partial charge in [0.2, 0.25) is 0 Å². The zero-order valence-corrected chi connectivity index (χ0v) is 14.3. The minimum atomic E-state index is -0.260. The number of anilines is 1. The molecule has 0 spiro atoms. The van der Waals surface area contributed by atoms with Crippen molar-refractivity contribution in [2.45, 2.75) is 12.8 Å². The Labute approximate surface area is 150 Å². The zero-order valence-electron chi connectivity index (χ0n) is 14.3. The van der Waals surface area contributed by atoms with Crippen LogP contribution in [-0.4, -0.2) is 41.4 Å². The average molecular weight is 354 g/mol. The summed E-state index contributed by atoms with van der Waals surface area (Å²) in [5.41, 5.74) is 1.70. The number of nitrogens with zero attached hydrogens (tertiary/aromatic N) is 4. The zero-order chi connectivity index (χ0) is 17.8. The van der Waals surface area contributed by atoms with E-state index in [9.17, 15) is 4.39 Å². The number of hydrogen-bond donors (Lipinski definition) is 0. The predicted octanol–water partition coefficient (Wildman–Crippen LogP) is 3.09. The van der Waals surface area contributed by atoms with Crippen LogP contribution in [0.2, 0.25) is 0 Å². The molecule has 0 saturated carbocycles. The molecule has 0 amide bonds. The van der Waals surface area contributed by atoms with Crippen molar-refractivity contribution in [3.63, 3.8) is 0 Å². The summed E-state index contributed by atoms with van der Waals surface area (Å²) in [4.78, 5) is 11.1. The van der Waals surface area contributed by atoms with Gasteiger partial charge in [-0.05, 0) is 36.2 Å². The second kappa shape index (κ2) is 7.61. The van der Waals surface area contributed by atoms with Gasteiger partial charge in [-0.3, -0.25) is 0 Å². The number of ether oxygens (including phenoxy) is 1. The Morgan fingerprint density at radius 2 is 1.92 bits per heavy atom. The van der Waals surface area contributed by atoms with Gasteiger partial charge in [-0.25, -0.2) is 9.37 Å². The smallest absolute Gasteiger partial charge is 0.259 e. The van der Waals surface area contributed by atoms with E-state index in [0.717, 1.165) is 49.7 Å². The van der Waals surface area contributed by atoms with E-state index >= 15 is 0 Å². The second-order valence-corrected chi connectivity index (χ2v) is 6.18. The van der Waals surface area contributed by atoms with Crippen molar-refractivity contribution in [3.05, 3.63) is 59.8 Å². The lowest BCUT2D eigenvalue weighted by Gasteiger charge is -2.20. The van der Waals surface area contributed by atoms with Crippen LogP contribution in [0.4, 0.5) is 10.2 Å². The normalized spacial score (nSPS) is 15.0. The van der Waals surface area contributed by atoms with Gasteiger partial charge >= 0.3 is 0 Å². The number of halogens is 1. The first kappa shape index (κ1) is 16.7. The molecule has 0 aliphatic carbocycles. The Hall–Kier alpha value is -2.80. The van der Waals surface area contributed by atoms with Crippen LogP contribution < -0.4 is 4.90 Å². The van der Waals surface area contributed by atoms with Gasteiger partial charge in [0, 0.05) is 32.3 Å². The maximum Gasteiger partial charge on any atom is 0.259 e. The van der Waals surface area contributed by atoms with Gasteiger partial charge in [0.1, 0.15) is 11.6 Å². The van der Waals surface area contributed by atoms with E-state index < -0.39 is 0 Å². The third-order valence-corrected chi connectivity index (χ3v) is 4.28. The highest BCUT2D eigenvalue weighted by atomic mass is 19.1. The van der Waals surface area contributed by atoms with Crippen molar-refractivity contribution >= 4 is 5.82 Å². The van der Waals surface area contributed by atoms with E-state index in [4.69, 9.17) is 9.26 Å². The summed E-state index contributed by atoms with van der Waals surface area (Å²) >= 11 is 0. The Bertz CT molecular complexity index is 841. The molecule has 1 aliphatic heterocycles. The first-order chi connectivity index (χ1) is 12.8. The summed E-state index contributed by atoms with van der Waals surface area (Å²) in [6.45, 7) is 3.30. The highest BCUT2D eigenvalue weighted by Gasteiger charge is 2.13. The fourth-order valence-electron chi connectivity index (χ4n) is 2.90. The van der Waals surface area contributed by atoms with Gasteiger partial charge in [-0.1, -0.05) is 17.3 Å². The fraction of sp³-hybridized carbons (Fsp3) is 0.316. The van der Waals surface area contributed by atoms with Gasteiger partial charge in [-0.15, -0.1) is 0 Å². The van der Waals surface area contributed by atoms with E-state index in [1.807, 2.05) is 12.1 Å². The van der Waals surface area contributed by atoms with E-state index in [2.05, 4.69) is 20.0 Å². The van der Waals surface area contributed by atoms with Crippen LogP contribution in [-0.2, 0) is 11.2 Å². The summed E-state index contributed by atoms with van der Waals surface area (Å²) in [6.07, 6.45) is 3.24. The van der Waals surface area contributed by atoms with Crippen LogP contribution in [0, 0.1) is 5.82 Å². The molecule has 1 fully saturated rings. The van der Waals surface area contributed by atoms with Crippen molar-refractivity contribution in [1.82, 2.24) is 15.1 Å². The Kier molecular flexibility index (Phi) is 4.88. The molecule has 0 unspecified atom stereocenters. The summed E-state index contributed by atoms with van der Waals surface area (Å²) in [5, 5.41) is 4.00. The standard InChI is InChI=1S/C19H19FN4O2/c20-16-5-2-14(3-6-16)12-17-22-19(26-23-17)15-4-7-18(21-13-15)24-8-1-10-25-11-9-24/h2-7,13H,1,8-12H2. The Morgan fingerprint density at radius 1 is 1.04 bits per heavy atom. The molecule has 0 N–H and O–H groups in total. The van der Waals surface area contributed by atoms with Crippen LogP contribution in [0.3, 0.4) is 0 Å². The first-order valence-corrected chi connectivity index (χ1v) is 8.64. The molecule has 3 aromatic rings. The minimum Gasteiger partial charge on any atom is -0.380 e. The number of aromatic nitrogens is 3. The lowest BCUT2D eigenvalue weighted by molar-refractivity contribution is 0.152. The summed E-state index contributed by atoms with van der Waals surface area (Å²) in [7, 11) is 0. The van der Waals surface area contributed by atoms with Gasteiger partial charge in [-0.2, -0.15) is 4.98 Å². The molecular weight excluding hydrogens is 335 g/mol. The SMILES string of the molecule is Fc1ccc(Cc2noc(-c3ccc(N4CCCOCC4)nc3)n2)cc1. The monoisotopic (exact) mass is 354 g/mol. The quantitative estimate of drug-likeness (QED) is 0.717. The number of pyridine rings is 1. The van der Waals surface area contributed by atoms with Crippen molar-refractivity contribution < 1.29 is 13.7 Å². The molecule has 26 heavy (non-hydrogen) atoms. The average Bonchev–Trinajstić information content (AvgIpc) is 2.96. The predicted molar refractivity (Wildman–Crippen MR) is 94.4 cm³/mol. The summed E-state index contributed by atoms with van der Waals surface area (Å²) < 4.78 is 23.8. The van der Waals surface area contributed by atoms with Crippen LogP contribution in [0.15, 0.2) is 47.1 Å². The topological polar surface area (TPSA) is 64.3 Å². The maximum atomic E-state index is 13.0. The molecule has 0 radical (unpaired) electrons. The third-order valence-electron chi connectivity index (χ3n) is 4.28. The van der Waals surface area contributed by atoms with E-state index in [1.165, 1.54) is 12.1 Å². The molecule has 6 nitrogen and oxygen atoms in total. The molecular formula is C19H19FN4O2. The summed E-state index contributed by atoms with van der Waals surface area (Å²) in [5.74, 6) is 1.65. The van der Waals surface area contributed by atoms with Crippen molar-refractivity contribution in [2.24, 2.45) is 0 Å². The van der Waals surface area contributed by atoms with Crippen molar-refractivity contribution in [1.29, 1.82) is 0 Å². The van der Waals surface area contributed by atoms with E-state index in [-0.39, 0.29) is 5.82 Å². The van der Waals surface area contributed by atoms with E-state index in [0.29, 0.717) is 18.1 Å². The lowest BCUT2D eigenvalue weighted by atomic mass is 10.1. The molecule has 0 atom stereocenters. The molecule has 134 valence electrons. The highest BCUT2D eigenvalue weighted by molar-refractivity contribution is 5.54. The maximum absolute atomic E-state index is 13.0. The number of benzene rings is 1. The third kappa shape index (κ3) is 3.88. The molecule has 3 heterocycles. The fourth-order valence-corrected chi connectivity index (χ4v) is 2.90. The van der Waals surface area contributed by atoms with Gasteiger partial charge < -0.3 is 14.2 Å². The molecule has 4 rings (SSSR count). The Balaban J connectivity index is 1.46. The van der Waals surface area contributed by atoms with Crippen LogP contribution in [0.1, 0.15) is 17.8 Å². The lowest BCUT2D eigenvalue weighted by Crippen LogP contribution is -2.26. The molecule has 1 saturated heterocycles. The van der Waals surface area contributed by atoms with Gasteiger partial charge in [0.15, 0.2) is 5.82 Å². The van der Waals surface area contributed by atoms with Gasteiger partial charge in [0.05, 0.1) is 12.2 Å². The molecule has 7 heteroatoms. The van der Waals surface area contributed by atoms with Crippen molar-refractivity contribution in [3.8, 4) is 11.5 Å². The molecule has 2 aromatic heterocycles. The first-order valence-electron chi connectivity index (χ1n) is 8.64. The van der Waals surface area contributed by atoms with Crippen LogP contribution in [0.5, 0.6) is 0 Å². The minimum absolute atomic E-state index is 0.260. The van der Waals surface area contributed by atoms with Crippen LogP contribution >= 0.6 is 0 Å². The highest BCUT2D eigenvalue weighted by Crippen LogP contribution is 2.21. The van der Waals surface area contributed by atoms with E-state index in [1.54, 1.807) is 18.3 Å².